The SMILES string of the molecule is Cn1nc(CN(C(=O)OC(C)(C)C)C2CC2)cc1C#N. The lowest BCUT2D eigenvalue weighted by Gasteiger charge is -2.26. The highest BCUT2D eigenvalue weighted by Gasteiger charge is 2.35. The Kier molecular flexibility index (Phi) is 3.71. The molecular formula is C14H20N4O2. The topological polar surface area (TPSA) is 71.2 Å². The van der Waals surface area contributed by atoms with Gasteiger partial charge >= 0.3 is 6.09 Å². The monoisotopic (exact) mass is 276 g/mol. The van der Waals surface area contributed by atoms with Crippen LogP contribution in [0.25, 0.3) is 0 Å². The molecule has 0 spiro atoms. The number of ether oxygens (including phenoxy) is 1. The third-order valence-electron chi connectivity index (χ3n) is 2.99. The molecule has 1 aromatic heterocycles. The van der Waals surface area contributed by atoms with Crippen LogP contribution in [0.15, 0.2) is 6.07 Å². The Morgan fingerprint density at radius 3 is 2.70 bits per heavy atom. The van der Waals surface area contributed by atoms with Gasteiger partial charge in [0.1, 0.15) is 17.4 Å². The van der Waals surface area contributed by atoms with Crippen LogP contribution in [0.2, 0.25) is 0 Å². The molecule has 0 aromatic carbocycles. The van der Waals surface area contributed by atoms with Gasteiger partial charge in [0.2, 0.25) is 0 Å². The summed E-state index contributed by atoms with van der Waals surface area (Å²) in [6.45, 7) is 5.94. The fourth-order valence-electron chi connectivity index (χ4n) is 1.93. The molecule has 0 bridgehead atoms. The number of aromatic nitrogens is 2. The smallest absolute Gasteiger partial charge is 0.410 e. The first kappa shape index (κ1) is 14.4. The Morgan fingerprint density at radius 2 is 2.25 bits per heavy atom. The second-order valence-corrected chi connectivity index (χ2v) is 6.10. The second-order valence-electron chi connectivity index (χ2n) is 6.10. The van der Waals surface area contributed by atoms with Crippen molar-refractivity contribution >= 4 is 6.09 Å². The lowest BCUT2D eigenvalue weighted by atomic mass is 10.2. The minimum absolute atomic E-state index is 0.234. The van der Waals surface area contributed by atoms with Crippen LogP contribution in [0.3, 0.4) is 0 Å². The first-order valence-corrected chi connectivity index (χ1v) is 6.73. The number of amides is 1. The van der Waals surface area contributed by atoms with Gasteiger partial charge in [0, 0.05) is 13.1 Å². The van der Waals surface area contributed by atoms with Crippen molar-refractivity contribution in [2.45, 2.75) is 51.8 Å². The van der Waals surface area contributed by atoms with E-state index in [1.165, 1.54) is 4.68 Å². The molecule has 1 saturated carbocycles. The van der Waals surface area contributed by atoms with Crippen molar-refractivity contribution in [3.8, 4) is 6.07 Å². The van der Waals surface area contributed by atoms with E-state index in [9.17, 15) is 4.79 Å². The quantitative estimate of drug-likeness (QED) is 0.848. The van der Waals surface area contributed by atoms with Crippen LogP contribution in [0.4, 0.5) is 4.79 Å². The van der Waals surface area contributed by atoms with E-state index in [2.05, 4.69) is 11.2 Å². The van der Waals surface area contributed by atoms with Crippen molar-refractivity contribution < 1.29 is 9.53 Å². The molecule has 1 aliphatic rings. The lowest BCUT2D eigenvalue weighted by Crippen LogP contribution is -2.37. The maximum Gasteiger partial charge on any atom is 0.410 e. The van der Waals surface area contributed by atoms with E-state index in [4.69, 9.17) is 10.00 Å². The molecule has 2 rings (SSSR count). The van der Waals surface area contributed by atoms with Gasteiger partial charge in [-0.1, -0.05) is 0 Å². The van der Waals surface area contributed by atoms with Crippen LogP contribution in [-0.2, 0) is 18.3 Å². The largest absolute Gasteiger partial charge is 0.444 e. The van der Waals surface area contributed by atoms with E-state index in [1.54, 1.807) is 18.0 Å². The molecule has 0 atom stereocenters. The molecule has 0 saturated heterocycles. The maximum atomic E-state index is 12.2. The fourth-order valence-corrected chi connectivity index (χ4v) is 1.93. The van der Waals surface area contributed by atoms with Crippen molar-refractivity contribution in [1.82, 2.24) is 14.7 Å². The third kappa shape index (κ3) is 3.50. The first-order chi connectivity index (χ1) is 9.30. The van der Waals surface area contributed by atoms with E-state index in [-0.39, 0.29) is 12.1 Å². The number of carbonyl (C=O) groups excluding carboxylic acids is 1. The van der Waals surface area contributed by atoms with Crippen molar-refractivity contribution in [2.75, 3.05) is 0 Å². The van der Waals surface area contributed by atoms with Gasteiger partial charge in [0.25, 0.3) is 0 Å². The molecule has 0 radical (unpaired) electrons. The summed E-state index contributed by atoms with van der Waals surface area (Å²) in [7, 11) is 1.72. The Balaban J connectivity index is 2.10. The highest BCUT2D eigenvalue weighted by molar-refractivity contribution is 5.69. The van der Waals surface area contributed by atoms with Gasteiger partial charge in [-0.15, -0.1) is 0 Å². The standard InChI is InChI=1S/C14H20N4O2/c1-14(2,3)20-13(19)18(11-5-6-11)9-10-7-12(8-15)17(4)16-10/h7,11H,5-6,9H2,1-4H3. The van der Waals surface area contributed by atoms with E-state index in [0.717, 1.165) is 12.8 Å². The van der Waals surface area contributed by atoms with Gasteiger partial charge in [-0.2, -0.15) is 10.4 Å². The molecule has 1 aromatic rings. The number of carbonyl (C=O) groups is 1. The lowest BCUT2D eigenvalue weighted by molar-refractivity contribution is 0.0214. The number of hydrogen-bond acceptors (Lipinski definition) is 4. The van der Waals surface area contributed by atoms with Crippen LogP contribution in [0.5, 0.6) is 0 Å². The van der Waals surface area contributed by atoms with Crippen molar-refractivity contribution in [2.24, 2.45) is 7.05 Å². The van der Waals surface area contributed by atoms with Crippen molar-refractivity contribution in [3.05, 3.63) is 17.5 Å². The van der Waals surface area contributed by atoms with E-state index in [0.29, 0.717) is 17.9 Å². The highest BCUT2D eigenvalue weighted by Crippen LogP contribution is 2.29. The van der Waals surface area contributed by atoms with Gasteiger partial charge in [-0.05, 0) is 39.7 Å². The second kappa shape index (κ2) is 5.16. The molecule has 108 valence electrons. The van der Waals surface area contributed by atoms with Gasteiger partial charge < -0.3 is 4.74 Å². The van der Waals surface area contributed by atoms with Gasteiger partial charge in [-0.25, -0.2) is 4.79 Å². The number of rotatable bonds is 3. The summed E-state index contributed by atoms with van der Waals surface area (Å²) in [5.41, 5.74) is 0.688. The molecule has 6 heteroatoms. The van der Waals surface area contributed by atoms with Crippen LogP contribution in [0, 0.1) is 11.3 Å². The molecule has 0 unspecified atom stereocenters. The van der Waals surface area contributed by atoms with E-state index in [1.807, 2.05) is 20.8 Å². The van der Waals surface area contributed by atoms with Crippen LogP contribution in [-0.4, -0.2) is 32.4 Å². The maximum absolute atomic E-state index is 12.2. The predicted molar refractivity (Wildman–Crippen MR) is 72.7 cm³/mol. The summed E-state index contributed by atoms with van der Waals surface area (Å²) in [4.78, 5) is 13.9. The number of nitrogens with zero attached hydrogens (tertiary/aromatic N) is 4. The molecule has 20 heavy (non-hydrogen) atoms. The highest BCUT2D eigenvalue weighted by atomic mass is 16.6. The van der Waals surface area contributed by atoms with Crippen molar-refractivity contribution in [1.29, 1.82) is 5.26 Å². The minimum atomic E-state index is -0.508. The molecule has 1 fully saturated rings. The Hall–Kier alpha value is -2.03. The summed E-state index contributed by atoms with van der Waals surface area (Å²) in [5.74, 6) is 0. The van der Waals surface area contributed by atoms with Crippen molar-refractivity contribution in [3.63, 3.8) is 0 Å². The summed E-state index contributed by atoms with van der Waals surface area (Å²) < 4.78 is 6.95. The van der Waals surface area contributed by atoms with Gasteiger partial charge in [-0.3, -0.25) is 9.58 Å². The zero-order valence-electron chi connectivity index (χ0n) is 12.4. The normalized spacial score (nSPS) is 14.8. The molecule has 0 aliphatic heterocycles. The van der Waals surface area contributed by atoms with Gasteiger partial charge in [0.05, 0.1) is 12.2 Å². The average Bonchev–Trinajstić information content (AvgIpc) is 3.08. The number of nitriles is 1. The first-order valence-electron chi connectivity index (χ1n) is 6.73. The zero-order valence-corrected chi connectivity index (χ0v) is 12.4. The van der Waals surface area contributed by atoms with Crippen LogP contribution in [0.1, 0.15) is 45.0 Å². The number of aryl methyl sites for hydroxylation is 1. The molecule has 1 heterocycles. The minimum Gasteiger partial charge on any atom is -0.444 e. The summed E-state index contributed by atoms with van der Waals surface area (Å²) in [6.07, 6.45) is 1.68. The summed E-state index contributed by atoms with van der Waals surface area (Å²) in [6, 6.07) is 4.01. The molecule has 6 nitrogen and oxygen atoms in total. The fraction of sp³-hybridized carbons (Fsp3) is 0.643. The zero-order chi connectivity index (χ0) is 14.9. The van der Waals surface area contributed by atoms with Crippen LogP contribution < -0.4 is 0 Å². The predicted octanol–water partition coefficient (Wildman–Crippen LogP) is 2.19. The van der Waals surface area contributed by atoms with E-state index < -0.39 is 5.60 Å². The molecule has 1 amide bonds. The van der Waals surface area contributed by atoms with Crippen LogP contribution >= 0.6 is 0 Å². The van der Waals surface area contributed by atoms with Gasteiger partial charge in [0.15, 0.2) is 0 Å². The molecular weight excluding hydrogens is 256 g/mol. The molecule has 0 N–H and O–H groups in total. The third-order valence-corrected chi connectivity index (χ3v) is 2.99. The Labute approximate surface area is 118 Å². The Morgan fingerprint density at radius 1 is 1.60 bits per heavy atom. The Bertz CT molecular complexity index is 547. The average molecular weight is 276 g/mol. The summed E-state index contributed by atoms with van der Waals surface area (Å²) >= 11 is 0. The van der Waals surface area contributed by atoms with E-state index >= 15 is 0 Å². The molecule has 1 aliphatic carbocycles. The summed E-state index contributed by atoms with van der Waals surface area (Å²) in [5, 5.41) is 13.2. The number of hydrogen-bond donors (Lipinski definition) is 0.